The molecule has 16 heavy (non-hydrogen) atoms. The lowest BCUT2D eigenvalue weighted by Crippen LogP contribution is -2.39. The summed E-state index contributed by atoms with van der Waals surface area (Å²) in [7, 11) is 0. The number of hydrogen-bond donors (Lipinski definition) is 2. The van der Waals surface area contributed by atoms with Crippen LogP contribution in [0.2, 0.25) is 0 Å². The molecule has 2 nitrogen and oxygen atoms in total. The molecule has 0 saturated heterocycles. The summed E-state index contributed by atoms with van der Waals surface area (Å²) in [6, 6.07) is 6.59. The summed E-state index contributed by atoms with van der Waals surface area (Å²) in [4.78, 5) is 0. The van der Waals surface area contributed by atoms with E-state index in [1.165, 1.54) is 18.9 Å². The number of aliphatic hydroxyl groups excluding tert-OH is 1. The van der Waals surface area contributed by atoms with Crippen LogP contribution in [0.4, 0.5) is 10.1 Å². The Hall–Kier alpha value is -1.09. The number of benzene rings is 1. The molecule has 1 saturated carbocycles. The van der Waals surface area contributed by atoms with Crippen molar-refractivity contribution in [3.63, 3.8) is 0 Å². The fourth-order valence-electron chi connectivity index (χ4n) is 2.00. The fourth-order valence-corrected chi connectivity index (χ4v) is 2.00. The normalized spacial score (nSPS) is 19.2. The number of para-hydroxylation sites is 1. The highest BCUT2D eigenvalue weighted by Crippen LogP contribution is 2.37. The standard InChI is InChI=1S/C13H18FNO/c1-13(9-16,8-10-6-7-10)15-12-5-3-2-4-11(12)14/h2-5,10,15-16H,6-9H2,1H3. The summed E-state index contributed by atoms with van der Waals surface area (Å²) < 4.78 is 13.5. The highest BCUT2D eigenvalue weighted by atomic mass is 19.1. The Kier molecular flexibility index (Phi) is 3.15. The van der Waals surface area contributed by atoms with Gasteiger partial charge in [0, 0.05) is 0 Å². The molecule has 0 spiro atoms. The summed E-state index contributed by atoms with van der Waals surface area (Å²) in [5, 5.41) is 12.5. The molecule has 0 aliphatic heterocycles. The Labute approximate surface area is 95.5 Å². The number of halogens is 1. The molecule has 2 rings (SSSR count). The number of anilines is 1. The van der Waals surface area contributed by atoms with Crippen LogP contribution in [0.25, 0.3) is 0 Å². The van der Waals surface area contributed by atoms with E-state index in [0.717, 1.165) is 6.42 Å². The summed E-state index contributed by atoms with van der Waals surface area (Å²) in [5.41, 5.74) is 0.0586. The number of rotatable bonds is 5. The van der Waals surface area contributed by atoms with Crippen molar-refractivity contribution in [3.8, 4) is 0 Å². The Morgan fingerprint density at radius 2 is 2.12 bits per heavy atom. The molecular weight excluding hydrogens is 205 g/mol. The molecular formula is C13H18FNO. The van der Waals surface area contributed by atoms with Crippen molar-refractivity contribution in [2.75, 3.05) is 11.9 Å². The van der Waals surface area contributed by atoms with Gasteiger partial charge in [-0.05, 0) is 31.4 Å². The lowest BCUT2D eigenvalue weighted by Gasteiger charge is -2.30. The van der Waals surface area contributed by atoms with Gasteiger partial charge in [-0.2, -0.15) is 0 Å². The van der Waals surface area contributed by atoms with E-state index in [2.05, 4.69) is 5.32 Å². The predicted molar refractivity (Wildman–Crippen MR) is 62.9 cm³/mol. The van der Waals surface area contributed by atoms with Gasteiger partial charge in [0.2, 0.25) is 0 Å². The first-order valence-corrected chi connectivity index (χ1v) is 5.76. The molecule has 1 atom stereocenters. The highest BCUT2D eigenvalue weighted by Gasteiger charge is 2.33. The molecule has 3 heteroatoms. The molecule has 0 aromatic heterocycles. The molecule has 0 bridgehead atoms. The number of hydrogen-bond acceptors (Lipinski definition) is 2. The van der Waals surface area contributed by atoms with E-state index in [-0.39, 0.29) is 12.4 Å². The average Bonchev–Trinajstić information content (AvgIpc) is 3.05. The van der Waals surface area contributed by atoms with Crippen molar-refractivity contribution in [3.05, 3.63) is 30.1 Å². The van der Waals surface area contributed by atoms with Crippen LogP contribution in [-0.4, -0.2) is 17.3 Å². The minimum atomic E-state index is -0.413. The first-order chi connectivity index (χ1) is 7.63. The lowest BCUT2D eigenvalue weighted by molar-refractivity contribution is 0.209. The molecule has 1 aliphatic rings. The zero-order valence-corrected chi connectivity index (χ0v) is 9.54. The summed E-state index contributed by atoms with van der Waals surface area (Å²) >= 11 is 0. The van der Waals surface area contributed by atoms with Crippen LogP contribution in [0.15, 0.2) is 24.3 Å². The van der Waals surface area contributed by atoms with Gasteiger partial charge >= 0.3 is 0 Å². The topological polar surface area (TPSA) is 32.3 Å². The Morgan fingerprint density at radius 3 is 2.69 bits per heavy atom. The van der Waals surface area contributed by atoms with Crippen molar-refractivity contribution in [2.24, 2.45) is 5.92 Å². The van der Waals surface area contributed by atoms with E-state index in [1.54, 1.807) is 18.2 Å². The van der Waals surface area contributed by atoms with Crippen LogP contribution >= 0.6 is 0 Å². The third-order valence-electron chi connectivity index (χ3n) is 3.10. The van der Waals surface area contributed by atoms with Gasteiger partial charge < -0.3 is 10.4 Å². The zero-order chi connectivity index (χ0) is 11.6. The number of nitrogens with one attached hydrogen (secondary N) is 1. The van der Waals surface area contributed by atoms with Crippen molar-refractivity contribution in [2.45, 2.75) is 31.7 Å². The van der Waals surface area contributed by atoms with Crippen LogP contribution in [-0.2, 0) is 0 Å². The smallest absolute Gasteiger partial charge is 0.146 e. The summed E-state index contributed by atoms with van der Waals surface area (Å²) in [5.74, 6) is 0.425. The molecule has 0 heterocycles. The second kappa shape index (κ2) is 4.42. The second-order valence-electron chi connectivity index (χ2n) is 4.97. The van der Waals surface area contributed by atoms with E-state index < -0.39 is 5.54 Å². The molecule has 2 N–H and O–H groups in total. The molecule has 1 unspecified atom stereocenters. The Morgan fingerprint density at radius 1 is 1.44 bits per heavy atom. The highest BCUT2D eigenvalue weighted by molar-refractivity contribution is 5.46. The van der Waals surface area contributed by atoms with Gasteiger partial charge in [-0.3, -0.25) is 0 Å². The first kappa shape index (κ1) is 11.4. The van der Waals surface area contributed by atoms with Crippen LogP contribution < -0.4 is 5.32 Å². The van der Waals surface area contributed by atoms with Gasteiger partial charge in [0.15, 0.2) is 0 Å². The minimum Gasteiger partial charge on any atom is -0.394 e. The monoisotopic (exact) mass is 223 g/mol. The largest absolute Gasteiger partial charge is 0.394 e. The van der Waals surface area contributed by atoms with Gasteiger partial charge in [0.25, 0.3) is 0 Å². The number of aliphatic hydroxyl groups is 1. The molecule has 0 radical (unpaired) electrons. The van der Waals surface area contributed by atoms with Crippen molar-refractivity contribution >= 4 is 5.69 Å². The van der Waals surface area contributed by atoms with Gasteiger partial charge in [0.05, 0.1) is 17.8 Å². The minimum absolute atomic E-state index is 0.0256. The molecule has 88 valence electrons. The molecule has 1 aliphatic carbocycles. The molecule has 0 amide bonds. The van der Waals surface area contributed by atoms with Crippen LogP contribution in [0.1, 0.15) is 26.2 Å². The molecule has 1 fully saturated rings. The quantitative estimate of drug-likeness (QED) is 0.804. The first-order valence-electron chi connectivity index (χ1n) is 5.76. The SMILES string of the molecule is CC(CO)(CC1CC1)Nc1ccccc1F. The molecule has 1 aromatic carbocycles. The van der Waals surface area contributed by atoms with Gasteiger partial charge in [0.1, 0.15) is 5.82 Å². The predicted octanol–water partition coefficient (Wildman–Crippen LogP) is 2.79. The van der Waals surface area contributed by atoms with E-state index >= 15 is 0 Å². The summed E-state index contributed by atoms with van der Waals surface area (Å²) in [6.07, 6.45) is 3.36. The Bertz CT molecular complexity index is 365. The third-order valence-corrected chi connectivity index (χ3v) is 3.10. The lowest BCUT2D eigenvalue weighted by atomic mass is 9.95. The van der Waals surface area contributed by atoms with E-state index in [9.17, 15) is 9.50 Å². The van der Waals surface area contributed by atoms with Crippen molar-refractivity contribution in [1.82, 2.24) is 0 Å². The van der Waals surface area contributed by atoms with Crippen molar-refractivity contribution in [1.29, 1.82) is 0 Å². The van der Waals surface area contributed by atoms with E-state index in [1.807, 2.05) is 6.92 Å². The fraction of sp³-hybridized carbons (Fsp3) is 0.538. The molecule has 1 aromatic rings. The maximum atomic E-state index is 13.5. The van der Waals surface area contributed by atoms with E-state index in [0.29, 0.717) is 11.6 Å². The van der Waals surface area contributed by atoms with Crippen LogP contribution in [0.3, 0.4) is 0 Å². The van der Waals surface area contributed by atoms with Gasteiger partial charge in [-0.25, -0.2) is 4.39 Å². The van der Waals surface area contributed by atoms with Crippen molar-refractivity contribution < 1.29 is 9.50 Å². The zero-order valence-electron chi connectivity index (χ0n) is 9.54. The van der Waals surface area contributed by atoms with Crippen LogP contribution in [0.5, 0.6) is 0 Å². The Balaban J connectivity index is 2.07. The second-order valence-corrected chi connectivity index (χ2v) is 4.97. The van der Waals surface area contributed by atoms with Gasteiger partial charge in [-0.1, -0.05) is 25.0 Å². The van der Waals surface area contributed by atoms with E-state index in [4.69, 9.17) is 0 Å². The van der Waals surface area contributed by atoms with Gasteiger partial charge in [-0.15, -0.1) is 0 Å². The maximum absolute atomic E-state index is 13.5. The maximum Gasteiger partial charge on any atom is 0.146 e. The third kappa shape index (κ3) is 2.73. The van der Waals surface area contributed by atoms with Crippen LogP contribution in [0, 0.1) is 11.7 Å². The summed E-state index contributed by atoms with van der Waals surface area (Å²) in [6.45, 7) is 1.97. The average molecular weight is 223 g/mol.